The first-order chi connectivity index (χ1) is 39.7. The number of carbonyl (C=O) groups is 5. The van der Waals surface area contributed by atoms with Gasteiger partial charge in [-0.3, -0.25) is 33.5 Å². The summed E-state index contributed by atoms with van der Waals surface area (Å²) in [5.74, 6) is 0.0789. The van der Waals surface area contributed by atoms with E-state index in [4.69, 9.17) is 18.9 Å². The molecule has 4 amide bonds. The van der Waals surface area contributed by atoms with E-state index < -0.39 is 47.4 Å². The highest BCUT2D eigenvalue weighted by molar-refractivity contribution is 7.15. The summed E-state index contributed by atoms with van der Waals surface area (Å²) >= 11 is 3.24. The lowest BCUT2D eigenvalue weighted by atomic mass is 9.85. The molecule has 0 unspecified atom stereocenters. The SMILES string of the molecule is COC(=O)C[C@@H]1N=C(c2ccc(N3CCC(C(=O)NC4CC(Oc5ccc6oc(C(=O)N[C@H](C(=O)N7C[C@H](O)C[C@H]7C(=O)N[C@@H](C)c7ccc(-c8scnc8C)cc7)C(C)(C)C)cc6c5)C4)CC3)cc2)c2c(sc(C)c2C)-n2c(C)nnc21. The minimum absolute atomic E-state index is 0.000850. The van der Waals surface area contributed by atoms with Gasteiger partial charge in [0.05, 0.1) is 47.5 Å². The van der Waals surface area contributed by atoms with Crippen LogP contribution in [0.4, 0.5) is 5.69 Å². The zero-order valence-corrected chi connectivity index (χ0v) is 49.8. The second-order valence-corrected chi connectivity index (χ2v) is 25.6. The lowest BCUT2D eigenvalue weighted by Crippen LogP contribution is -2.57. The van der Waals surface area contributed by atoms with Crippen molar-refractivity contribution in [1.82, 2.24) is 40.6 Å². The zero-order chi connectivity index (χ0) is 58.6. The largest absolute Gasteiger partial charge is 0.490 e. The lowest BCUT2D eigenvalue weighted by molar-refractivity contribution is -0.142. The van der Waals surface area contributed by atoms with Gasteiger partial charge in [0, 0.05) is 77.9 Å². The van der Waals surface area contributed by atoms with Crippen LogP contribution in [0, 0.1) is 39.0 Å². The van der Waals surface area contributed by atoms with Crippen molar-refractivity contribution in [1.29, 1.82) is 0 Å². The first kappa shape index (κ1) is 57.1. The van der Waals surface area contributed by atoms with E-state index in [-0.39, 0.29) is 61.1 Å². The molecule has 7 heterocycles. The fraction of sp³-hybridized carbons (Fsp3) is 0.435. The van der Waals surface area contributed by atoms with Crippen molar-refractivity contribution in [2.45, 2.75) is 136 Å². The number of nitrogens with zero attached hydrogens (tertiary/aromatic N) is 7. The lowest BCUT2D eigenvalue weighted by Gasteiger charge is -2.38. The number of hydrogen-bond acceptors (Lipinski definition) is 16. The molecule has 4 aromatic heterocycles. The molecule has 4 N–H and O–H groups in total. The van der Waals surface area contributed by atoms with Gasteiger partial charge in [0.2, 0.25) is 17.7 Å². The van der Waals surface area contributed by atoms with Crippen LogP contribution >= 0.6 is 22.7 Å². The van der Waals surface area contributed by atoms with Gasteiger partial charge in [-0.1, -0.05) is 57.2 Å². The smallest absolute Gasteiger partial charge is 0.308 e. The van der Waals surface area contributed by atoms with Gasteiger partial charge in [-0.05, 0) is 106 Å². The molecule has 21 heteroatoms. The first-order valence-corrected chi connectivity index (χ1v) is 30.0. The van der Waals surface area contributed by atoms with E-state index in [0.29, 0.717) is 35.4 Å². The number of benzene rings is 3. The number of aromatic nitrogens is 4. The van der Waals surface area contributed by atoms with E-state index in [1.807, 2.05) is 82.0 Å². The van der Waals surface area contributed by atoms with Crippen LogP contribution in [0.5, 0.6) is 5.75 Å². The molecule has 4 aliphatic rings. The monoisotopic (exact) mass is 1160 g/mol. The number of carbonyl (C=O) groups excluding carboxylic acids is 5. The van der Waals surface area contributed by atoms with E-state index in [0.717, 1.165) is 86.5 Å². The van der Waals surface area contributed by atoms with Crippen molar-refractivity contribution in [3.8, 4) is 21.2 Å². The number of thiophene rings is 1. The fourth-order valence-electron chi connectivity index (χ4n) is 11.7. The molecular formula is C62H70N10O9S2. The molecule has 11 rings (SSSR count). The van der Waals surface area contributed by atoms with Gasteiger partial charge in [0.25, 0.3) is 5.91 Å². The highest BCUT2D eigenvalue weighted by Crippen LogP contribution is 2.41. The zero-order valence-electron chi connectivity index (χ0n) is 48.1. The van der Waals surface area contributed by atoms with Gasteiger partial charge in [0.15, 0.2) is 11.6 Å². The van der Waals surface area contributed by atoms with Crippen molar-refractivity contribution in [3.05, 3.63) is 129 Å². The first-order valence-electron chi connectivity index (χ1n) is 28.3. The summed E-state index contributed by atoms with van der Waals surface area (Å²) in [6.45, 7) is 16.9. The number of piperidine rings is 1. The van der Waals surface area contributed by atoms with Crippen LogP contribution in [0.2, 0.25) is 0 Å². The van der Waals surface area contributed by atoms with Gasteiger partial charge in [0.1, 0.15) is 46.4 Å². The predicted molar refractivity (Wildman–Crippen MR) is 317 cm³/mol. The number of ether oxygens (including phenoxy) is 2. The minimum Gasteiger partial charge on any atom is -0.490 e. The molecule has 19 nitrogen and oxygen atoms in total. The number of likely N-dealkylation sites (tertiary alicyclic amines) is 1. The standard InChI is InChI=1S/C62H70N10O9S2/c1-32-35(4)83-61-52(32)53(66-47(29-51(74)79-9)56-69-68-36(5)72(56)61)38-14-16-43(17-15-38)70-22-20-40(21-23-70)57(75)65-42-26-46(27-42)80-45-18-19-49-41(24-45)25-50(81-49)59(77)67-55(62(6,7)8)60(78)71-30-44(73)28-48(71)58(76)64-33(2)37-10-12-39(13-11-37)54-34(3)63-31-82-54/h10-19,24-25,31,33,40,42,44,46-48,55,73H,20-23,26-30H2,1-9H3,(H,64,76)(H,65,75)(H,67,77)/t33-,42?,44+,46?,47-,48-,55+/m0/s1. The van der Waals surface area contributed by atoms with Crippen molar-refractivity contribution >= 4 is 74.6 Å². The molecule has 7 aromatic rings. The number of aryl methyl sites for hydroxylation is 3. The Morgan fingerprint density at radius 3 is 2.29 bits per heavy atom. The Bertz CT molecular complexity index is 3640. The minimum atomic E-state index is -1.06. The van der Waals surface area contributed by atoms with Gasteiger partial charge in [-0.15, -0.1) is 32.9 Å². The summed E-state index contributed by atoms with van der Waals surface area (Å²) in [5.41, 5.74) is 9.32. The number of fused-ring (bicyclic) bond motifs is 4. The Kier molecular flexibility index (Phi) is 15.9. The summed E-state index contributed by atoms with van der Waals surface area (Å²) in [5, 5.41) is 30.5. The maximum Gasteiger partial charge on any atom is 0.308 e. The molecule has 5 atom stereocenters. The number of aliphatic hydroxyl groups is 1. The van der Waals surface area contributed by atoms with E-state index in [1.54, 1.807) is 40.9 Å². The van der Waals surface area contributed by atoms with E-state index >= 15 is 0 Å². The van der Waals surface area contributed by atoms with Crippen molar-refractivity contribution < 1.29 is 43.0 Å². The molecule has 1 aliphatic carbocycles. The molecule has 0 bridgehead atoms. The normalized spacial score (nSPS) is 20.6. The molecule has 3 aliphatic heterocycles. The number of rotatable bonds is 15. The molecule has 3 fully saturated rings. The van der Waals surface area contributed by atoms with Crippen molar-refractivity contribution in [2.24, 2.45) is 16.3 Å². The van der Waals surface area contributed by atoms with Crippen LogP contribution in [0.1, 0.15) is 133 Å². The van der Waals surface area contributed by atoms with Gasteiger partial charge in [-0.25, -0.2) is 4.98 Å². The third-order valence-electron chi connectivity index (χ3n) is 16.7. The number of methoxy groups -OCH3 is 1. The Labute approximate surface area is 489 Å². The summed E-state index contributed by atoms with van der Waals surface area (Å²) < 4.78 is 19.4. The topological polar surface area (TPSA) is 236 Å². The maximum absolute atomic E-state index is 14.4. The summed E-state index contributed by atoms with van der Waals surface area (Å²) in [4.78, 5) is 83.8. The summed E-state index contributed by atoms with van der Waals surface area (Å²) in [6, 6.07) is 20.3. The molecule has 1 saturated carbocycles. The number of nitrogens with one attached hydrogen (secondary N) is 3. The molecule has 0 radical (unpaired) electrons. The second kappa shape index (κ2) is 23.1. The summed E-state index contributed by atoms with van der Waals surface area (Å²) in [6.07, 6.45) is 1.85. The van der Waals surface area contributed by atoms with E-state index in [9.17, 15) is 29.1 Å². The fourth-order valence-corrected chi connectivity index (χ4v) is 13.7. The van der Waals surface area contributed by atoms with E-state index in [2.05, 4.69) is 74.1 Å². The van der Waals surface area contributed by atoms with Crippen molar-refractivity contribution in [2.75, 3.05) is 31.6 Å². The third-order valence-corrected chi connectivity index (χ3v) is 18.9. The predicted octanol–water partition coefficient (Wildman–Crippen LogP) is 8.81. The average molecular weight is 1160 g/mol. The van der Waals surface area contributed by atoms with Crippen molar-refractivity contribution in [3.63, 3.8) is 0 Å². The van der Waals surface area contributed by atoms with Crippen LogP contribution in [-0.4, -0.2) is 122 Å². The number of aliphatic imine (C=N–C) groups is 1. The molecular weight excluding hydrogens is 1090 g/mol. The Balaban J connectivity index is 0.656. The second-order valence-electron chi connectivity index (χ2n) is 23.5. The number of hydrogen-bond donors (Lipinski definition) is 4. The van der Waals surface area contributed by atoms with Crippen LogP contribution in [0.25, 0.3) is 26.4 Å². The van der Waals surface area contributed by atoms with E-state index in [1.165, 1.54) is 16.9 Å². The highest BCUT2D eigenvalue weighted by atomic mass is 32.1. The summed E-state index contributed by atoms with van der Waals surface area (Å²) in [7, 11) is 1.38. The molecule has 2 saturated heterocycles. The quantitative estimate of drug-likeness (QED) is 0.0704. The van der Waals surface area contributed by atoms with Crippen LogP contribution in [-0.2, 0) is 23.9 Å². The van der Waals surface area contributed by atoms with Gasteiger partial charge in [-0.2, -0.15) is 0 Å². The van der Waals surface area contributed by atoms with Gasteiger partial charge < -0.3 is 44.7 Å². The highest BCUT2D eigenvalue weighted by Gasteiger charge is 2.45. The molecule has 3 aromatic carbocycles. The number of thiazole rings is 1. The third kappa shape index (κ3) is 11.7. The number of β-amino-alcohol motifs (C(OH)–C–C–N with tert-alkyl or cyclic N) is 1. The number of aliphatic hydroxyl groups excluding tert-OH is 1. The number of amides is 4. The van der Waals surface area contributed by atoms with Crippen LogP contribution in [0.3, 0.4) is 0 Å². The average Bonchev–Trinajstić information content (AvgIpc) is 2.23. The number of furan rings is 1. The molecule has 0 spiro atoms. The Morgan fingerprint density at radius 1 is 0.880 bits per heavy atom. The Morgan fingerprint density at radius 2 is 1.60 bits per heavy atom. The van der Waals surface area contributed by atoms with Crippen LogP contribution < -0.4 is 25.6 Å². The van der Waals surface area contributed by atoms with Gasteiger partial charge >= 0.3 is 5.97 Å². The number of esters is 1. The van der Waals surface area contributed by atoms with Crippen LogP contribution in [0.15, 0.2) is 87.7 Å². The Hall–Kier alpha value is -7.75. The number of anilines is 1. The molecule has 434 valence electrons. The molecule has 83 heavy (non-hydrogen) atoms. The maximum atomic E-state index is 14.4.